The van der Waals surface area contributed by atoms with Gasteiger partial charge in [-0.25, -0.2) is 4.39 Å². The Bertz CT molecular complexity index is 971. The summed E-state index contributed by atoms with van der Waals surface area (Å²) in [6, 6.07) is 13.2. The number of amides is 1. The van der Waals surface area contributed by atoms with Crippen LogP contribution in [0.2, 0.25) is 0 Å². The van der Waals surface area contributed by atoms with Crippen molar-refractivity contribution >= 4 is 17.7 Å². The van der Waals surface area contributed by atoms with Crippen LogP contribution in [0.5, 0.6) is 5.75 Å². The van der Waals surface area contributed by atoms with Crippen LogP contribution in [0.1, 0.15) is 21.7 Å². The second-order valence-corrected chi connectivity index (χ2v) is 7.07. The summed E-state index contributed by atoms with van der Waals surface area (Å²) in [4.78, 5) is 12.4. The summed E-state index contributed by atoms with van der Waals surface area (Å²) in [5.74, 6) is 1.49. The van der Waals surface area contributed by atoms with Crippen molar-refractivity contribution in [2.24, 2.45) is 0 Å². The van der Waals surface area contributed by atoms with Crippen molar-refractivity contribution < 1.29 is 13.9 Å². The molecule has 0 saturated heterocycles. The highest BCUT2D eigenvalue weighted by Crippen LogP contribution is 2.22. The fraction of sp³-hybridized carbons (Fsp3) is 0.190. The van der Waals surface area contributed by atoms with Crippen molar-refractivity contribution in [2.45, 2.75) is 24.0 Å². The van der Waals surface area contributed by atoms with E-state index in [4.69, 9.17) is 4.74 Å². The van der Waals surface area contributed by atoms with Gasteiger partial charge in [0.15, 0.2) is 11.0 Å². The lowest BCUT2D eigenvalue weighted by atomic mass is 10.2. The molecular weight excluding hydrogens is 391 g/mol. The first kappa shape index (κ1) is 20.6. The van der Waals surface area contributed by atoms with E-state index in [9.17, 15) is 9.18 Å². The highest BCUT2D eigenvalue weighted by atomic mass is 32.2. The Morgan fingerprint density at radius 2 is 1.93 bits per heavy atom. The minimum Gasteiger partial charge on any atom is -0.497 e. The summed E-state index contributed by atoms with van der Waals surface area (Å²) < 4.78 is 20.0. The van der Waals surface area contributed by atoms with Crippen LogP contribution < -0.4 is 10.1 Å². The van der Waals surface area contributed by atoms with E-state index in [-0.39, 0.29) is 18.3 Å². The van der Waals surface area contributed by atoms with Crippen LogP contribution in [0.3, 0.4) is 0 Å². The number of nitrogens with one attached hydrogen (secondary N) is 1. The number of thioether (sulfide) groups is 1. The van der Waals surface area contributed by atoms with Gasteiger partial charge in [0.05, 0.1) is 13.7 Å². The number of aromatic nitrogens is 3. The van der Waals surface area contributed by atoms with Gasteiger partial charge in [-0.2, -0.15) is 0 Å². The smallest absolute Gasteiger partial charge is 0.251 e. The summed E-state index contributed by atoms with van der Waals surface area (Å²) in [5.41, 5.74) is 1.52. The first-order chi connectivity index (χ1) is 14.1. The number of rotatable bonds is 9. The van der Waals surface area contributed by atoms with E-state index in [2.05, 4.69) is 22.1 Å². The molecule has 0 bridgehead atoms. The zero-order valence-electron chi connectivity index (χ0n) is 16.0. The number of hydrogen-bond donors (Lipinski definition) is 1. The Kier molecular flexibility index (Phi) is 7.02. The highest BCUT2D eigenvalue weighted by molar-refractivity contribution is 7.98. The lowest BCUT2D eigenvalue weighted by Crippen LogP contribution is -2.24. The molecule has 150 valence electrons. The topological polar surface area (TPSA) is 69.0 Å². The average molecular weight is 412 g/mol. The lowest BCUT2D eigenvalue weighted by molar-refractivity contribution is 0.0949. The molecule has 1 heterocycles. The fourth-order valence-corrected chi connectivity index (χ4v) is 3.52. The van der Waals surface area contributed by atoms with Crippen molar-refractivity contribution in [3.63, 3.8) is 0 Å². The van der Waals surface area contributed by atoms with Crippen LogP contribution >= 0.6 is 11.8 Å². The van der Waals surface area contributed by atoms with Crippen molar-refractivity contribution in [2.75, 3.05) is 7.11 Å². The molecule has 0 unspecified atom stereocenters. The molecule has 0 spiro atoms. The van der Waals surface area contributed by atoms with E-state index in [1.807, 2.05) is 4.57 Å². The standard InChI is InChI=1S/C21H21FN4O2S/c1-3-12-26-19(13-23-20(27)16-6-10-18(28-2)11-7-16)24-25-21(26)29-14-15-4-8-17(22)9-5-15/h3-11H,1,12-14H2,2H3,(H,23,27). The third-order valence-electron chi connectivity index (χ3n) is 4.15. The van der Waals surface area contributed by atoms with Gasteiger partial charge < -0.3 is 14.6 Å². The molecule has 8 heteroatoms. The van der Waals surface area contributed by atoms with Crippen LogP contribution in [-0.2, 0) is 18.8 Å². The molecule has 3 rings (SSSR count). The molecule has 0 radical (unpaired) electrons. The number of carbonyl (C=O) groups is 1. The van der Waals surface area contributed by atoms with Gasteiger partial charge in [0.1, 0.15) is 11.6 Å². The Balaban J connectivity index is 1.64. The molecule has 0 aliphatic heterocycles. The summed E-state index contributed by atoms with van der Waals surface area (Å²) in [7, 11) is 1.58. The molecule has 29 heavy (non-hydrogen) atoms. The third-order valence-corrected chi connectivity index (χ3v) is 5.18. The summed E-state index contributed by atoms with van der Waals surface area (Å²) in [6.45, 7) is 4.54. The average Bonchev–Trinajstić information content (AvgIpc) is 3.13. The Morgan fingerprint density at radius 3 is 2.59 bits per heavy atom. The molecule has 2 aromatic carbocycles. The van der Waals surface area contributed by atoms with E-state index in [0.717, 1.165) is 5.56 Å². The second kappa shape index (κ2) is 9.88. The summed E-state index contributed by atoms with van der Waals surface area (Å²) >= 11 is 1.49. The molecular formula is C21H21FN4O2S. The largest absolute Gasteiger partial charge is 0.497 e. The number of ether oxygens (including phenoxy) is 1. The van der Waals surface area contributed by atoms with E-state index >= 15 is 0 Å². The molecule has 0 saturated carbocycles. The molecule has 0 fully saturated rings. The number of hydrogen-bond acceptors (Lipinski definition) is 5. The van der Waals surface area contributed by atoms with Crippen molar-refractivity contribution in [1.29, 1.82) is 0 Å². The number of allylic oxidation sites excluding steroid dienone is 1. The van der Waals surface area contributed by atoms with Gasteiger partial charge in [-0.3, -0.25) is 4.79 Å². The minimum atomic E-state index is -0.261. The Hall–Kier alpha value is -3.13. The van der Waals surface area contributed by atoms with Gasteiger partial charge in [0, 0.05) is 17.9 Å². The molecule has 0 atom stereocenters. The number of nitrogens with zero attached hydrogens (tertiary/aromatic N) is 3. The molecule has 3 aromatic rings. The fourth-order valence-electron chi connectivity index (χ4n) is 2.60. The zero-order valence-corrected chi connectivity index (χ0v) is 16.8. The van der Waals surface area contributed by atoms with Crippen molar-refractivity contribution in [3.05, 3.63) is 84.0 Å². The maximum absolute atomic E-state index is 13.0. The van der Waals surface area contributed by atoms with Gasteiger partial charge in [-0.05, 0) is 42.0 Å². The maximum Gasteiger partial charge on any atom is 0.251 e. The number of benzene rings is 2. The van der Waals surface area contributed by atoms with Gasteiger partial charge in [0.2, 0.25) is 0 Å². The molecule has 6 nitrogen and oxygen atoms in total. The molecule has 0 aliphatic rings. The Morgan fingerprint density at radius 1 is 1.21 bits per heavy atom. The zero-order chi connectivity index (χ0) is 20.6. The molecule has 1 aromatic heterocycles. The van der Waals surface area contributed by atoms with E-state index < -0.39 is 0 Å². The third kappa shape index (κ3) is 5.45. The van der Waals surface area contributed by atoms with Gasteiger partial charge in [-0.1, -0.05) is 30.0 Å². The predicted molar refractivity (Wildman–Crippen MR) is 110 cm³/mol. The predicted octanol–water partition coefficient (Wildman–Crippen LogP) is 3.83. The van der Waals surface area contributed by atoms with E-state index in [1.54, 1.807) is 49.6 Å². The first-order valence-corrected chi connectivity index (χ1v) is 9.91. The van der Waals surface area contributed by atoms with Crippen LogP contribution in [0.15, 0.2) is 66.3 Å². The molecule has 1 amide bonds. The molecule has 1 N–H and O–H groups in total. The SMILES string of the molecule is C=CCn1c(CNC(=O)c2ccc(OC)cc2)nnc1SCc1ccc(F)cc1. The minimum absolute atomic E-state index is 0.207. The van der Waals surface area contributed by atoms with Crippen LogP contribution in [0.4, 0.5) is 4.39 Å². The summed E-state index contributed by atoms with van der Waals surface area (Å²) in [5, 5.41) is 12.0. The number of halogens is 1. The number of carbonyl (C=O) groups excluding carboxylic acids is 1. The van der Waals surface area contributed by atoms with Crippen LogP contribution in [0.25, 0.3) is 0 Å². The van der Waals surface area contributed by atoms with Gasteiger partial charge in [0.25, 0.3) is 5.91 Å². The maximum atomic E-state index is 13.0. The van der Waals surface area contributed by atoms with Crippen LogP contribution in [0, 0.1) is 5.82 Å². The van der Waals surface area contributed by atoms with E-state index in [0.29, 0.717) is 34.6 Å². The Labute approximate surface area is 172 Å². The number of methoxy groups -OCH3 is 1. The first-order valence-electron chi connectivity index (χ1n) is 8.93. The molecule has 0 aliphatic carbocycles. The monoisotopic (exact) mass is 412 g/mol. The summed E-state index contributed by atoms with van der Waals surface area (Å²) in [6.07, 6.45) is 1.75. The highest BCUT2D eigenvalue weighted by Gasteiger charge is 2.14. The van der Waals surface area contributed by atoms with Gasteiger partial charge >= 0.3 is 0 Å². The van der Waals surface area contributed by atoms with Crippen molar-refractivity contribution in [1.82, 2.24) is 20.1 Å². The van der Waals surface area contributed by atoms with Crippen LogP contribution in [-0.4, -0.2) is 27.8 Å². The second-order valence-electron chi connectivity index (χ2n) is 6.12. The lowest BCUT2D eigenvalue weighted by Gasteiger charge is -2.09. The normalized spacial score (nSPS) is 10.6. The van der Waals surface area contributed by atoms with Crippen molar-refractivity contribution in [3.8, 4) is 5.75 Å². The van der Waals surface area contributed by atoms with E-state index in [1.165, 1.54) is 23.9 Å². The quantitative estimate of drug-likeness (QED) is 0.427. The van der Waals surface area contributed by atoms with Gasteiger partial charge in [-0.15, -0.1) is 16.8 Å².